The SMILES string of the molecule is CCCCCCSCC(C)(C)C(=O)OCCCC(CC)(CC)C(=O)NC1=NC(=Cc2[nH]c(NC(=O)C(CC)(CC)CCCSC(CC(=O)O)C(=O)O)c(C(=O)OC3C(C(C)(C)C)CC(C)CC3C(C)(C)C)c2C(C)C)C(C(C)C)=C1C(=O)OC1C(C(C)(C)C)CC(C)CC1C(C)(C)C. The molecule has 4 rings (SSSR count). The number of nitrogens with zero attached hydrogens (tertiary/aromatic N) is 1. The molecule has 16 nitrogen and oxygen atoms in total. The van der Waals surface area contributed by atoms with Crippen molar-refractivity contribution in [3.8, 4) is 0 Å². The molecule has 0 radical (unpaired) electrons. The minimum Gasteiger partial charge on any atom is -0.481 e. The summed E-state index contributed by atoms with van der Waals surface area (Å²) in [6, 6.07) is 0. The van der Waals surface area contributed by atoms with Crippen LogP contribution in [0.15, 0.2) is 21.8 Å². The number of carbonyl (C=O) groups is 7. The van der Waals surface area contributed by atoms with Crippen molar-refractivity contribution in [3.63, 3.8) is 0 Å². The van der Waals surface area contributed by atoms with E-state index in [1.54, 1.807) is 11.8 Å². The van der Waals surface area contributed by atoms with Crippen molar-refractivity contribution in [2.45, 2.75) is 306 Å². The van der Waals surface area contributed by atoms with Gasteiger partial charge in [0.1, 0.15) is 40.2 Å². The second-order valence-corrected chi connectivity index (χ2v) is 37.5. The van der Waals surface area contributed by atoms with Gasteiger partial charge >= 0.3 is 29.8 Å². The van der Waals surface area contributed by atoms with Crippen molar-refractivity contribution in [2.24, 2.45) is 84.3 Å². The predicted molar refractivity (Wildman–Crippen MR) is 403 cm³/mol. The first-order chi connectivity index (χ1) is 45.3. The van der Waals surface area contributed by atoms with E-state index < -0.39 is 64.0 Å². The van der Waals surface area contributed by atoms with Crippen molar-refractivity contribution in [2.75, 3.05) is 29.2 Å². The van der Waals surface area contributed by atoms with Gasteiger partial charge in [0.05, 0.1) is 24.1 Å². The number of H-pyrrole nitrogens is 1. The number of carboxylic acids is 2. The van der Waals surface area contributed by atoms with E-state index in [0.717, 1.165) is 49.6 Å². The Morgan fingerprint density at radius 1 is 0.612 bits per heavy atom. The molecule has 2 saturated carbocycles. The lowest BCUT2D eigenvalue weighted by molar-refractivity contribution is -0.164. The first-order valence-electron chi connectivity index (χ1n) is 37.5. The summed E-state index contributed by atoms with van der Waals surface area (Å²) in [4.78, 5) is 109. The Kier molecular flexibility index (Phi) is 31.6. The molecule has 3 aliphatic rings. The summed E-state index contributed by atoms with van der Waals surface area (Å²) in [6.45, 7) is 53.0. The Balaban J connectivity index is 2.03. The summed E-state index contributed by atoms with van der Waals surface area (Å²) in [5.74, 6) is -2.27. The lowest BCUT2D eigenvalue weighted by atomic mass is 9.59. The minimum absolute atomic E-state index is 0.00282. The summed E-state index contributed by atoms with van der Waals surface area (Å²) in [5, 5.41) is 24.6. The number of thioether (sulfide) groups is 2. The molecule has 2 heterocycles. The Labute approximate surface area is 600 Å². The summed E-state index contributed by atoms with van der Waals surface area (Å²) < 4.78 is 20.1. The van der Waals surface area contributed by atoms with E-state index in [-0.39, 0.29) is 104 Å². The Morgan fingerprint density at radius 2 is 1.08 bits per heavy atom. The third-order valence-electron chi connectivity index (χ3n) is 22.2. The lowest BCUT2D eigenvalue weighted by Gasteiger charge is -2.50. The average Bonchev–Trinajstić information content (AvgIpc) is 1.48. The summed E-state index contributed by atoms with van der Waals surface area (Å²) in [7, 11) is 0. The van der Waals surface area contributed by atoms with E-state index >= 15 is 19.2 Å². The fraction of sp³-hybridized carbons (Fsp3) is 0.800. The summed E-state index contributed by atoms with van der Waals surface area (Å²) in [6.07, 6.45) is 11.8. The number of esters is 3. The van der Waals surface area contributed by atoms with Crippen LogP contribution in [0.1, 0.15) is 310 Å². The van der Waals surface area contributed by atoms with Gasteiger partial charge in [-0.05, 0) is 171 Å². The van der Waals surface area contributed by atoms with Crippen LogP contribution >= 0.6 is 23.5 Å². The first-order valence-corrected chi connectivity index (χ1v) is 39.7. The number of rotatable bonds is 34. The van der Waals surface area contributed by atoms with Crippen molar-refractivity contribution >= 4 is 82.9 Å². The highest BCUT2D eigenvalue weighted by molar-refractivity contribution is 8.00. The molecular weight excluding hydrogens is 1270 g/mol. The number of hydrogen-bond donors (Lipinski definition) is 5. The molecule has 558 valence electrons. The Hall–Kier alpha value is -4.58. The Bertz CT molecular complexity index is 2920. The van der Waals surface area contributed by atoms with Crippen molar-refractivity contribution in [1.82, 2.24) is 10.3 Å². The van der Waals surface area contributed by atoms with Gasteiger partial charge in [0.25, 0.3) is 0 Å². The number of anilines is 1. The van der Waals surface area contributed by atoms with E-state index in [0.29, 0.717) is 97.2 Å². The number of aromatic amines is 1. The highest BCUT2D eigenvalue weighted by atomic mass is 32.2. The number of amidine groups is 1. The van der Waals surface area contributed by atoms with Gasteiger partial charge in [-0.3, -0.25) is 24.0 Å². The molecule has 1 aromatic heterocycles. The molecule has 2 fully saturated rings. The number of aromatic nitrogens is 1. The monoisotopic (exact) mass is 1410 g/mol. The third kappa shape index (κ3) is 22.5. The van der Waals surface area contributed by atoms with Crippen LogP contribution in [0.5, 0.6) is 0 Å². The van der Waals surface area contributed by atoms with Crippen LogP contribution in [0, 0.1) is 79.3 Å². The number of unbranched alkanes of at least 4 members (excludes halogenated alkanes) is 3. The van der Waals surface area contributed by atoms with Crippen molar-refractivity contribution < 1.29 is 58.0 Å². The van der Waals surface area contributed by atoms with Crippen LogP contribution in [-0.4, -0.2) is 104 Å². The van der Waals surface area contributed by atoms with Gasteiger partial charge in [-0.25, -0.2) is 14.6 Å². The number of aliphatic carboxylic acids is 2. The lowest BCUT2D eigenvalue weighted by Crippen LogP contribution is -2.50. The van der Waals surface area contributed by atoms with E-state index in [4.69, 9.17) is 19.2 Å². The van der Waals surface area contributed by atoms with Gasteiger partial charge in [-0.15, -0.1) is 11.8 Å². The molecule has 5 unspecified atom stereocenters. The fourth-order valence-corrected chi connectivity index (χ4v) is 17.8. The molecule has 18 heteroatoms. The smallest absolute Gasteiger partial charge is 0.342 e. The molecule has 0 saturated heterocycles. The maximum Gasteiger partial charge on any atom is 0.342 e. The molecule has 0 aromatic carbocycles. The van der Waals surface area contributed by atoms with E-state index in [2.05, 4.69) is 119 Å². The van der Waals surface area contributed by atoms with Crippen LogP contribution in [0.25, 0.3) is 6.08 Å². The molecule has 1 aliphatic heterocycles. The van der Waals surface area contributed by atoms with Gasteiger partial charge in [0, 0.05) is 45.9 Å². The maximum atomic E-state index is 16.0. The molecule has 0 bridgehead atoms. The number of carboxylic acid groups (broad SMARTS) is 2. The average molecular weight is 1410 g/mol. The Morgan fingerprint density at radius 3 is 1.51 bits per heavy atom. The number of ether oxygens (including phenoxy) is 3. The predicted octanol–water partition coefficient (Wildman–Crippen LogP) is 19.6. The zero-order valence-corrected chi connectivity index (χ0v) is 67.2. The standard InChI is InChI=1S/C80H134N4O12S2/c1-26-31-32-33-39-97-47-78(24,25)73(93)94-38-34-36-79(27-2,28-3)71(91)83-66-62(69(89)95-64-52(74(12,13)14)41-50(10)42-53(64)75(15,16)17)60(48(6)7)56(81-66)45-57-61(49(8)9)63(70(90)96-65-54(76(18,19)20)43-51(11)44-55(65)77(21,22)23)67(82-57)84-72(92)80(29-4,30-5)37-35-40-98-58(68(87)88)46-59(85)86/h45,48-55,58,64-65,82H,26-44,46-47H2,1-25H3,(H,84,92)(H,85,86)(H,87,88)(H,81,83,91). The molecule has 2 aliphatic carbocycles. The van der Waals surface area contributed by atoms with Crippen LogP contribution in [0.4, 0.5) is 5.82 Å². The maximum absolute atomic E-state index is 16.0. The van der Waals surface area contributed by atoms with Gasteiger partial charge in [-0.2, -0.15) is 11.8 Å². The quantitative estimate of drug-likeness (QED) is 0.0245. The van der Waals surface area contributed by atoms with Gasteiger partial charge in [0.2, 0.25) is 11.8 Å². The van der Waals surface area contributed by atoms with Crippen LogP contribution in [0.3, 0.4) is 0 Å². The molecule has 1 aromatic rings. The number of hydrogen-bond acceptors (Lipinski definition) is 13. The van der Waals surface area contributed by atoms with Crippen LogP contribution < -0.4 is 10.6 Å². The summed E-state index contributed by atoms with van der Waals surface area (Å²) in [5.41, 5.74) is -1.28. The van der Waals surface area contributed by atoms with Crippen LogP contribution in [-0.2, 0) is 43.0 Å². The second kappa shape index (κ2) is 36.0. The third-order valence-corrected chi connectivity index (χ3v) is 25.0. The van der Waals surface area contributed by atoms with E-state index in [1.165, 1.54) is 19.3 Å². The van der Waals surface area contributed by atoms with Gasteiger partial charge < -0.3 is 40.0 Å². The largest absolute Gasteiger partial charge is 0.481 e. The van der Waals surface area contributed by atoms with Crippen molar-refractivity contribution in [3.05, 3.63) is 33.7 Å². The molecule has 5 N–H and O–H groups in total. The topological polar surface area (TPSA) is 240 Å². The van der Waals surface area contributed by atoms with E-state index in [9.17, 15) is 24.6 Å². The van der Waals surface area contributed by atoms with Gasteiger partial charge in [0.15, 0.2) is 0 Å². The molecule has 0 spiro atoms. The van der Waals surface area contributed by atoms with Crippen molar-refractivity contribution in [1.29, 1.82) is 0 Å². The normalized spacial score (nSPS) is 22.3. The first kappa shape index (κ1) is 85.8. The summed E-state index contributed by atoms with van der Waals surface area (Å²) >= 11 is 2.83. The highest BCUT2D eigenvalue weighted by Gasteiger charge is 2.52. The number of amides is 2. The van der Waals surface area contributed by atoms with Crippen LogP contribution in [0.2, 0.25) is 0 Å². The molecular formula is C80H134N4O12S2. The molecule has 2 amide bonds. The fourth-order valence-electron chi connectivity index (χ4n) is 15.6. The molecule has 5 atom stereocenters. The zero-order chi connectivity index (χ0) is 74.4. The zero-order valence-electron chi connectivity index (χ0n) is 65.5. The van der Waals surface area contributed by atoms with Gasteiger partial charge in [-0.1, -0.05) is 179 Å². The second-order valence-electron chi connectivity index (χ2n) is 35.1. The highest BCUT2D eigenvalue weighted by Crippen LogP contribution is 2.53. The number of allylic oxidation sites excluding steroid dienone is 1. The number of nitrogens with one attached hydrogen (secondary N) is 3. The van der Waals surface area contributed by atoms with E-state index in [1.807, 2.05) is 75.3 Å². The number of aliphatic imine (C=N–C) groups is 1. The number of carbonyl (C=O) groups excluding carboxylic acids is 5. The molecule has 98 heavy (non-hydrogen) atoms. The minimum atomic E-state index is -1.21.